The number of benzene rings is 1. The molecule has 1 amide bonds. The van der Waals surface area contributed by atoms with Gasteiger partial charge in [-0.2, -0.15) is 26.3 Å². The summed E-state index contributed by atoms with van der Waals surface area (Å²) in [6, 6.07) is 1.76. The number of carbonyl (C=O) groups is 1. The molecule has 0 unspecified atom stereocenters. The SMILES string of the molecule is CC(C)(CO)CN=C1NC(=O)S/C1=C/C1CCN(Cc2ccc(C(F)(F)F)cc2C(F)(F)F)CC1. The van der Waals surface area contributed by atoms with Crippen LogP contribution in [0.1, 0.15) is 43.4 Å². The number of nitrogens with one attached hydrogen (secondary N) is 1. The summed E-state index contributed by atoms with van der Waals surface area (Å²) < 4.78 is 79.0. The number of piperidine rings is 1. The van der Waals surface area contributed by atoms with Gasteiger partial charge in [0.1, 0.15) is 5.84 Å². The van der Waals surface area contributed by atoms with Gasteiger partial charge in [0.2, 0.25) is 0 Å². The fraction of sp³-hybridized carbons (Fsp3) is 0.565. The first-order valence-corrected chi connectivity index (χ1v) is 11.9. The zero-order valence-electron chi connectivity index (χ0n) is 19.3. The van der Waals surface area contributed by atoms with Crippen molar-refractivity contribution >= 4 is 22.8 Å². The lowest BCUT2D eigenvalue weighted by atomic mass is 9.94. The van der Waals surface area contributed by atoms with Crippen LogP contribution >= 0.6 is 11.8 Å². The highest BCUT2D eigenvalue weighted by Gasteiger charge is 2.38. The van der Waals surface area contributed by atoms with Gasteiger partial charge >= 0.3 is 12.4 Å². The average molecular weight is 524 g/mol. The van der Waals surface area contributed by atoms with Gasteiger partial charge in [-0.05, 0) is 61.3 Å². The van der Waals surface area contributed by atoms with E-state index in [1.54, 1.807) is 4.90 Å². The van der Waals surface area contributed by atoms with E-state index in [1.165, 1.54) is 0 Å². The minimum Gasteiger partial charge on any atom is -0.396 e. The number of aliphatic imine (C=N–C) groups is 1. The molecule has 12 heteroatoms. The van der Waals surface area contributed by atoms with Crippen LogP contribution in [0.2, 0.25) is 0 Å². The molecule has 2 fully saturated rings. The fourth-order valence-corrected chi connectivity index (χ4v) is 4.61. The summed E-state index contributed by atoms with van der Waals surface area (Å²) in [5.41, 5.74) is -3.22. The van der Waals surface area contributed by atoms with Crippen LogP contribution in [0.3, 0.4) is 0 Å². The van der Waals surface area contributed by atoms with E-state index in [2.05, 4.69) is 10.3 Å². The number of likely N-dealkylation sites (tertiary alicyclic amines) is 1. The largest absolute Gasteiger partial charge is 0.416 e. The summed E-state index contributed by atoms with van der Waals surface area (Å²) >= 11 is 1.02. The quantitative estimate of drug-likeness (QED) is 0.470. The van der Waals surface area contributed by atoms with E-state index >= 15 is 0 Å². The van der Waals surface area contributed by atoms with Crippen LogP contribution < -0.4 is 5.32 Å². The minimum atomic E-state index is -4.89. The van der Waals surface area contributed by atoms with Crippen LogP contribution in [0.4, 0.5) is 31.1 Å². The van der Waals surface area contributed by atoms with Crippen molar-refractivity contribution in [3.05, 3.63) is 45.9 Å². The van der Waals surface area contributed by atoms with Crippen molar-refractivity contribution in [2.24, 2.45) is 16.3 Å². The lowest BCUT2D eigenvalue weighted by molar-refractivity contribution is -0.143. The molecule has 35 heavy (non-hydrogen) atoms. The zero-order valence-corrected chi connectivity index (χ0v) is 20.1. The second kappa shape index (κ2) is 10.5. The topological polar surface area (TPSA) is 64.9 Å². The molecule has 0 saturated carbocycles. The van der Waals surface area contributed by atoms with Crippen LogP contribution in [-0.2, 0) is 18.9 Å². The Morgan fingerprint density at radius 3 is 2.37 bits per heavy atom. The smallest absolute Gasteiger partial charge is 0.396 e. The number of rotatable bonds is 6. The van der Waals surface area contributed by atoms with Crippen molar-refractivity contribution < 1.29 is 36.2 Å². The first-order chi connectivity index (χ1) is 16.2. The predicted molar refractivity (Wildman–Crippen MR) is 122 cm³/mol. The molecule has 3 rings (SSSR count). The molecule has 2 aliphatic rings. The first-order valence-electron chi connectivity index (χ1n) is 11.0. The number of carbonyl (C=O) groups excluding carboxylic acids is 1. The maximum atomic E-state index is 13.4. The third kappa shape index (κ3) is 7.47. The molecule has 1 aromatic carbocycles. The molecule has 0 radical (unpaired) electrons. The molecule has 0 atom stereocenters. The highest BCUT2D eigenvalue weighted by molar-refractivity contribution is 8.18. The maximum Gasteiger partial charge on any atom is 0.416 e. The Hall–Kier alpha value is -2.05. The van der Waals surface area contributed by atoms with Gasteiger partial charge in [-0.25, -0.2) is 0 Å². The number of hydrogen-bond acceptors (Lipinski definition) is 5. The van der Waals surface area contributed by atoms with Crippen LogP contribution in [0.15, 0.2) is 34.2 Å². The van der Waals surface area contributed by atoms with Crippen molar-refractivity contribution in [2.45, 2.75) is 45.6 Å². The van der Waals surface area contributed by atoms with Crippen LogP contribution in [0.5, 0.6) is 0 Å². The van der Waals surface area contributed by atoms with E-state index in [0.717, 1.165) is 17.8 Å². The number of alkyl halides is 6. The lowest BCUT2D eigenvalue weighted by Crippen LogP contribution is -2.33. The standard InChI is InChI=1S/C23H27F6N3O2S/c1-21(2,13-33)12-30-19-18(35-20(34)31-19)9-14-5-7-32(8-6-14)11-15-3-4-16(22(24,25)26)10-17(15)23(27,28)29/h3-4,9-10,14,33H,5-8,11-13H2,1-2H3,(H,30,31,34)/b18-9+. The highest BCUT2D eigenvalue weighted by Crippen LogP contribution is 2.38. The van der Waals surface area contributed by atoms with Gasteiger partial charge in [0.25, 0.3) is 5.24 Å². The number of allylic oxidation sites excluding steroid dienone is 1. The molecular formula is C23H27F6N3O2S. The first kappa shape index (κ1) is 27.5. The Labute approximate surface area is 203 Å². The van der Waals surface area contributed by atoms with Crippen molar-refractivity contribution in [2.75, 3.05) is 26.2 Å². The van der Waals surface area contributed by atoms with E-state index in [1.807, 2.05) is 19.9 Å². The van der Waals surface area contributed by atoms with Gasteiger partial charge < -0.3 is 10.4 Å². The Morgan fingerprint density at radius 1 is 1.14 bits per heavy atom. The van der Waals surface area contributed by atoms with Crippen molar-refractivity contribution in [3.63, 3.8) is 0 Å². The lowest BCUT2D eigenvalue weighted by Gasteiger charge is -2.31. The van der Waals surface area contributed by atoms with Gasteiger partial charge in [-0.1, -0.05) is 26.0 Å². The molecule has 2 heterocycles. The van der Waals surface area contributed by atoms with Crippen molar-refractivity contribution in [1.29, 1.82) is 0 Å². The number of amidine groups is 1. The summed E-state index contributed by atoms with van der Waals surface area (Å²) in [7, 11) is 0. The average Bonchev–Trinajstić information content (AvgIpc) is 3.11. The van der Waals surface area contributed by atoms with Crippen molar-refractivity contribution in [3.8, 4) is 0 Å². The van der Waals surface area contributed by atoms with E-state index < -0.39 is 28.9 Å². The van der Waals surface area contributed by atoms with Gasteiger partial charge in [0.15, 0.2) is 0 Å². The molecule has 0 bridgehead atoms. The zero-order chi connectivity index (χ0) is 26.0. The van der Waals surface area contributed by atoms with E-state index in [-0.39, 0.29) is 35.9 Å². The molecular weight excluding hydrogens is 496 g/mol. The fourth-order valence-electron chi connectivity index (χ4n) is 3.79. The summed E-state index contributed by atoms with van der Waals surface area (Å²) in [4.78, 5) is 18.8. The van der Waals surface area contributed by atoms with Crippen LogP contribution in [0.25, 0.3) is 0 Å². The molecule has 2 aliphatic heterocycles. The Kier molecular flexibility index (Phi) is 8.27. The summed E-state index contributed by atoms with van der Waals surface area (Å²) in [5.74, 6) is 0.524. The normalized spacial score (nSPS) is 21.2. The third-order valence-corrected chi connectivity index (χ3v) is 6.74. The molecule has 1 aromatic rings. The minimum absolute atomic E-state index is 0.0582. The molecule has 0 aromatic heterocycles. The predicted octanol–water partition coefficient (Wildman–Crippen LogP) is 5.69. The van der Waals surface area contributed by atoms with Crippen LogP contribution in [-0.4, -0.2) is 47.3 Å². The number of aliphatic hydroxyl groups is 1. The number of nitrogens with zero attached hydrogens (tertiary/aromatic N) is 2. The maximum absolute atomic E-state index is 13.4. The van der Waals surface area contributed by atoms with E-state index in [4.69, 9.17) is 0 Å². The number of aliphatic hydroxyl groups excluding tert-OH is 1. The van der Waals surface area contributed by atoms with Gasteiger partial charge in [-0.15, -0.1) is 0 Å². The molecule has 5 nitrogen and oxygen atoms in total. The molecule has 0 aliphatic carbocycles. The second-order valence-corrected chi connectivity index (χ2v) is 10.5. The Bertz CT molecular complexity index is 996. The van der Waals surface area contributed by atoms with Crippen molar-refractivity contribution in [1.82, 2.24) is 10.2 Å². The van der Waals surface area contributed by atoms with Gasteiger partial charge in [-0.3, -0.25) is 14.7 Å². The number of hydrogen-bond donors (Lipinski definition) is 2. The van der Waals surface area contributed by atoms with E-state index in [0.29, 0.717) is 49.3 Å². The third-order valence-electron chi connectivity index (χ3n) is 5.91. The highest BCUT2D eigenvalue weighted by atomic mass is 32.2. The van der Waals surface area contributed by atoms with E-state index in [9.17, 15) is 36.2 Å². The molecule has 2 saturated heterocycles. The Morgan fingerprint density at radius 2 is 1.80 bits per heavy atom. The summed E-state index contributed by atoms with van der Waals surface area (Å²) in [5, 5.41) is 11.8. The second-order valence-electron chi connectivity index (χ2n) is 9.51. The van der Waals surface area contributed by atoms with Gasteiger partial charge in [0, 0.05) is 25.1 Å². The molecule has 2 N–H and O–H groups in total. The number of halogens is 6. The number of amides is 1. The molecule has 0 spiro atoms. The number of thioether (sulfide) groups is 1. The van der Waals surface area contributed by atoms with Crippen LogP contribution in [0, 0.1) is 11.3 Å². The Balaban J connectivity index is 1.67. The summed E-state index contributed by atoms with van der Waals surface area (Å²) in [6.45, 7) is 4.78. The summed E-state index contributed by atoms with van der Waals surface area (Å²) in [6.07, 6.45) is -6.57. The molecule has 194 valence electrons. The van der Waals surface area contributed by atoms with Gasteiger partial charge in [0.05, 0.1) is 16.0 Å². The monoisotopic (exact) mass is 523 g/mol.